The van der Waals surface area contributed by atoms with Crippen molar-refractivity contribution >= 4 is 11.6 Å². The molecule has 28 heavy (non-hydrogen) atoms. The van der Waals surface area contributed by atoms with Gasteiger partial charge >= 0.3 is 0 Å². The number of aryl methyl sites for hydroxylation is 1. The van der Waals surface area contributed by atoms with E-state index in [9.17, 15) is 4.79 Å². The molecular formula is C22H17N5O. The van der Waals surface area contributed by atoms with Gasteiger partial charge < -0.3 is 5.32 Å². The summed E-state index contributed by atoms with van der Waals surface area (Å²) >= 11 is 0. The Morgan fingerprint density at radius 3 is 1.79 bits per heavy atom. The predicted octanol–water partition coefficient (Wildman–Crippen LogP) is 4.16. The molecule has 3 aromatic carbocycles. The zero-order valence-electron chi connectivity index (χ0n) is 15.2. The van der Waals surface area contributed by atoms with Crippen LogP contribution in [0.4, 0.5) is 5.69 Å². The van der Waals surface area contributed by atoms with Crippen molar-refractivity contribution in [2.75, 3.05) is 5.32 Å². The molecule has 0 atom stereocenters. The third-order valence-electron chi connectivity index (χ3n) is 4.23. The van der Waals surface area contributed by atoms with Crippen LogP contribution in [-0.2, 0) is 0 Å². The van der Waals surface area contributed by atoms with Crippen LogP contribution in [0.15, 0.2) is 78.9 Å². The highest BCUT2D eigenvalue weighted by Crippen LogP contribution is 2.19. The molecule has 0 bridgehead atoms. The molecule has 0 aliphatic rings. The van der Waals surface area contributed by atoms with E-state index in [1.165, 1.54) is 0 Å². The monoisotopic (exact) mass is 367 g/mol. The molecule has 6 heteroatoms. The van der Waals surface area contributed by atoms with Crippen LogP contribution < -0.4 is 5.32 Å². The van der Waals surface area contributed by atoms with Crippen molar-refractivity contribution in [3.05, 3.63) is 90.0 Å². The SMILES string of the molecule is Cc1ccc(C(=O)Nc2ccc(-c3nnc(-c4ccccc4)nn3)cc2)cc1. The van der Waals surface area contributed by atoms with Crippen molar-refractivity contribution in [2.24, 2.45) is 0 Å². The average Bonchev–Trinajstić information content (AvgIpc) is 2.75. The molecule has 1 aromatic heterocycles. The van der Waals surface area contributed by atoms with E-state index in [4.69, 9.17) is 0 Å². The van der Waals surface area contributed by atoms with Crippen molar-refractivity contribution in [2.45, 2.75) is 6.92 Å². The lowest BCUT2D eigenvalue weighted by atomic mass is 10.1. The second-order valence-electron chi connectivity index (χ2n) is 6.31. The Hall–Kier alpha value is -3.93. The molecule has 0 aliphatic heterocycles. The highest BCUT2D eigenvalue weighted by molar-refractivity contribution is 6.04. The van der Waals surface area contributed by atoms with Crippen molar-refractivity contribution in [3.63, 3.8) is 0 Å². The van der Waals surface area contributed by atoms with Crippen LogP contribution in [0, 0.1) is 6.92 Å². The summed E-state index contributed by atoms with van der Waals surface area (Å²) in [4.78, 5) is 12.3. The van der Waals surface area contributed by atoms with Gasteiger partial charge in [-0.2, -0.15) is 0 Å². The van der Waals surface area contributed by atoms with Crippen LogP contribution in [0.1, 0.15) is 15.9 Å². The summed E-state index contributed by atoms with van der Waals surface area (Å²) in [6.45, 7) is 1.98. The van der Waals surface area contributed by atoms with Crippen LogP contribution >= 0.6 is 0 Å². The lowest BCUT2D eigenvalue weighted by molar-refractivity contribution is 0.102. The lowest BCUT2D eigenvalue weighted by Gasteiger charge is -2.06. The summed E-state index contributed by atoms with van der Waals surface area (Å²) in [7, 11) is 0. The summed E-state index contributed by atoms with van der Waals surface area (Å²) in [5.41, 5.74) is 4.05. The predicted molar refractivity (Wildman–Crippen MR) is 108 cm³/mol. The van der Waals surface area contributed by atoms with Gasteiger partial charge in [0.15, 0.2) is 0 Å². The van der Waals surface area contributed by atoms with E-state index in [1.807, 2.05) is 61.5 Å². The number of nitrogens with one attached hydrogen (secondary N) is 1. The molecule has 6 nitrogen and oxygen atoms in total. The molecule has 0 radical (unpaired) electrons. The molecule has 4 rings (SSSR count). The largest absolute Gasteiger partial charge is 0.322 e. The topological polar surface area (TPSA) is 80.7 Å². The first-order valence-electron chi connectivity index (χ1n) is 8.80. The Kier molecular flexibility index (Phi) is 4.84. The highest BCUT2D eigenvalue weighted by atomic mass is 16.1. The second-order valence-corrected chi connectivity index (χ2v) is 6.31. The molecule has 4 aromatic rings. The fourth-order valence-corrected chi connectivity index (χ4v) is 2.66. The number of rotatable bonds is 4. The van der Waals surface area contributed by atoms with Gasteiger partial charge in [0, 0.05) is 22.4 Å². The van der Waals surface area contributed by atoms with Gasteiger partial charge in [-0.1, -0.05) is 48.0 Å². The number of anilines is 1. The van der Waals surface area contributed by atoms with Crippen LogP contribution in [0.2, 0.25) is 0 Å². The van der Waals surface area contributed by atoms with E-state index in [-0.39, 0.29) is 5.91 Å². The smallest absolute Gasteiger partial charge is 0.255 e. The Morgan fingerprint density at radius 1 is 0.679 bits per heavy atom. The van der Waals surface area contributed by atoms with Crippen LogP contribution in [0.5, 0.6) is 0 Å². The number of amides is 1. The quantitative estimate of drug-likeness (QED) is 0.586. The van der Waals surface area contributed by atoms with E-state index in [0.29, 0.717) is 22.9 Å². The lowest BCUT2D eigenvalue weighted by Crippen LogP contribution is -2.11. The van der Waals surface area contributed by atoms with Crippen molar-refractivity contribution in [1.29, 1.82) is 0 Å². The third kappa shape index (κ3) is 3.91. The van der Waals surface area contributed by atoms with Crippen LogP contribution in [-0.4, -0.2) is 26.3 Å². The van der Waals surface area contributed by atoms with Gasteiger partial charge in [-0.25, -0.2) is 0 Å². The Morgan fingerprint density at radius 2 is 1.21 bits per heavy atom. The van der Waals surface area contributed by atoms with E-state index >= 15 is 0 Å². The summed E-state index contributed by atoms with van der Waals surface area (Å²) < 4.78 is 0. The third-order valence-corrected chi connectivity index (χ3v) is 4.23. The van der Waals surface area contributed by atoms with Gasteiger partial charge in [-0.05, 0) is 43.3 Å². The number of aromatic nitrogens is 4. The Balaban J connectivity index is 1.47. The van der Waals surface area contributed by atoms with Crippen molar-refractivity contribution < 1.29 is 4.79 Å². The van der Waals surface area contributed by atoms with Gasteiger partial charge in [-0.3, -0.25) is 4.79 Å². The first-order chi connectivity index (χ1) is 13.7. The summed E-state index contributed by atoms with van der Waals surface area (Å²) in [5.74, 6) is 0.752. The molecule has 1 N–H and O–H groups in total. The zero-order chi connectivity index (χ0) is 19.3. The summed E-state index contributed by atoms with van der Waals surface area (Å²) in [6.07, 6.45) is 0. The number of nitrogens with zero attached hydrogens (tertiary/aromatic N) is 4. The average molecular weight is 367 g/mol. The Labute approximate surface area is 162 Å². The molecule has 0 saturated carbocycles. The maximum absolute atomic E-state index is 12.3. The fraction of sp³-hybridized carbons (Fsp3) is 0.0455. The maximum Gasteiger partial charge on any atom is 0.255 e. The molecule has 0 spiro atoms. The van der Waals surface area contributed by atoms with E-state index in [1.54, 1.807) is 24.3 Å². The fourth-order valence-electron chi connectivity index (χ4n) is 2.66. The maximum atomic E-state index is 12.3. The molecular weight excluding hydrogens is 350 g/mol. The van der Waals surface area contributed by atoms with Crippen LogP contribution in [0.3, 0.4) is 0 Å². The number of hydrogen-bond donors (Lipinski definition) is 1. The minimum absolute atomic E-state index is 0.153. The Bertz CT molecular complexity index is 1080. The van der Waals surface area contributed by atoms with Crippen molar-refractivity contribution in [3.8, 4) is 22.8 Å². The molecule has 1 amide bonds. The van der Waals surface area contributed by atoms with Gasteiger partial charge in [0.2, 0.25) is 11.6 Å². The normalized spacial score (nSPS) is 10.5. The minimum Gasteiger partial charge on any atom is -0.322 e. The van der Waals surface area contributed by atoms with E-state index in [0.717, 1.165) is 16.7 Å². The van der Waals surface area contributed by atoms with Gasteiger partial charge in [-0.15, -0.1) is 20.4 Å². The molecule has 1 heterocycles. The molecule has 0 unspecified atom stereocenters. The molecule has 0 fully saturated rings. The number of benzene rings is 3. The molecule has 0 aliphatic carbocycles. The van der Waals surface area contributed by atoms with E-state index in [2.05, 4.69) is 25.7 Å². The van der Waals surface area contributed by atoms with E-state index < -0.39 is 0 Å². The van der Waals surface area contributed by atoms with Gasteiger partial charge in [0.1, 0.15) is 0 Å². The first-order valence-corrected chi connectivity index (χ1v) is 8.80. The number of hydrogen-bond acceptors (Lipinski definition) is 5. The highest BCUT2D eigenvalue weighted by Gasteiger charge is 2.08. The molecule has 136 valence electrons. The minimum atomic E-state index is -0.153. The summed E-state index contributed by atoms with van der Waals surface area (Å²) in [6, 6.07) is 24.3. The van der Waals surface area contributed by atoms with Gasteiger partial charge in [0.05, 0.1) is 0 Å². The number of carbonyl (C=O) groups excluding carboxylic acids is 1. The van der Waals surface area contributed by atoms with Crippen LogP contribution in [0.25, 0.3) is 22.8 Å². The van der Waals surface area contributed by atoms with Crippen molar-refractivity contribution in [1.82, 2.24) is 20.4 Å². The first kappa shape index (κ1) is 17.5. The standard InChI is InChI=1S/C22H17N5O/c1-15-7-9-18(10-8-15)22(28)23-19-13-11-17(12-14-19)21-26-24-20(25-27-21)16-5-3-2-4-6-16/h2-14H,1H3,(H,23,28). The number of carbonyl (C=O) groups is 1. The second kappa shape index (κ2) is 7.75. The molecule has 0 saturated heterocycles. The zero-order valence-corrected chi connectivity index (χ0v) is 15.2. The van der Waals surface area contributed by atoms with Gasteiger partial charge in [0.25, 0.3) is 5.91 Å². The summed E-state index contributed by atoms with van der Waals surface area (Å²) in [5, 5.41) is 19.5.